The second kappa shape index (κ2) is 5.69. The maximum absolute atomic E-state index is 11.2. The van der Waals surface area contributed by atoms with E-state index in [4.69, 9.17) is 4.42 Å². The number of unbranched alkanes of at least 4 members (excludes halogenated alkanes) is 1. The number of hydrogen-bond acceptors (Lipinski definition) is 3. The van der Waals surface area contributed by atoms with Crippen molar-refractivity contribution >= 4 is 21.9 Å². The molecule has 1 heterocycles. The third-order valence-electron chi connectivity index (χ3n) is 2.90. The van der Waals surface area contributed by atoms with Crippen molar-refractivity contribution < 1.29 is 19.4 Å². The van der Waals surface area contributed by atoms with Gasteiger partial charge in [0.05, 0.1) is 5.92 Å². The largest absolute Gasteiger partial charge is 0.481 e. The van der Waals surface area contributed by atoms with Gasteiger partial charge in [-0.3, -0.25) is 4.79 Å². The first kappa shape index (κ1) is 14.3. The number of carbonyl (C=O) groups is 1. The third-order valence-corrected chi connectivity index (χ3v) is 3.32. The Bertz CT molecular complexity index is 384. The molecule has 0 saturated carbocycles. The van der Waals surface area contributed by atoms with E-state index in [0.29, 0.717) is 11.1 Å². The Morgan fingerprint density at radius 2 is 2.24 bits per heavy atom. The molecular weight excluding hydrogens is 288 g/mol. The first-order valence-electron chi connectivity index (χ1n) is 5.60. The number of halogens is 1. The molecule has 2 N–H and O–H groups in total. The van der Waals surface area contributed by atoms with E-state index in [-0.39, 0.29) is 5.76 Å². The highest BCUT2D eigenvalue weighted by molar-refractivity contribution is 9.10. The first-order valence-corrected chi connectivity index (χ1v) is 6.39. The van der Waals surface area contributed by atoms with Crippen LogP contribution in [-0.4, -0.2) is 16.2 Å². The minimum absolute atomic E-state index is 0.271. The summed E-state index contributed by atoms with van der Waals surface area (Å²) in [5.41, 5.74) is -1.49. The van der Waals surface area contributed by atoms with Crippen LogP contribution in [0.3, 0.4) is 0 Å². The van der Waals surface area contributed by atoms with Gasteiger partial charge in [-0.2, -0.15) is 0 Å². The van der Waals surface area contributed by atoms with E-state index >= 15 is 0 Å². The minimum Gasteiger partial charge on any atom is -0.481 e. The van der Waals surface area contributed by atoms with Gasteiger partial charge in [-0.25, -0.2) is 0 Å². The molecule has 0 fully saturated rings. The van der Waals surface area contributed by atoms with Crippen molar-refractivity contribution in [3.8, 4) is 0 Å². The molecule has 1 aromatic heterocycles. The van der Waals surface area contributed by atoms with Crippen LogP contribution in [0.25, 0.3) is 0 Å². The van der Waals surface area contributed by atoms with Gasteiger partial charge in [0.15, 0.2) is 4.67 Å². The van der Waals surface area contributed by atoms with Crippen LogP contribution >= 0.6 is 15.9 Å². The van der Waals surface area contributed by atoms with Crippen LogP contribution in [0.4, 0.5) is 0 Å². The Balaban J connectivity index is 2.94. The third kappa shape index (κ3) is 3.33. The highest BCUT2D eigenvalue weighted by atomic mass is 79.9. The summed E-state index contributed by atoms with van der Waals surface area (Å²) in [5, 5.41) is 19.6. The molecule has 0 amide bonds. The fraction of sp³-hybridized carbons (Fsp3) is 0.583. The van der Waals surface area contributed by atoms with E-state index < -0.39 is 17.5 Å². The molecule has 0 bridgehead atoms. The Hall–Kier alpha value is -0.810. The smallest absolute Gasteiger partial charge is 0.309 e. The van der Waals surface area contributed by atoms with Crippen molar-refractivity contribution in [2.75, 3.05) is 0 Å². The average Bonchev–Trinajstić information content (AvgIpc) is 2.65. The summed E-state index contributed by atoms with van der Waals surface area (Å²) in [5.74, 6) is -1.59. The molecule has 0 aliphatic rings. The van der Waals surface area contributed by atoms with E-state index in [1.54, 1.807) is 12.1 Å². The zero-order valence-corrected chi connectivity index (χ0v) is 11.5. The highest BCUT2D eigenvalue weighted by Crippen LogP contribution is 2.35. The van der Waals surface area contributed by atoms with Gasteiger partial charge in [0.1, 0.15) is 11.4 Å². The van der Waals surface area contributed by atoms with Gasteiger partial charge in [0.2, 0.25) is 0 Å². The predicted molar refractivity (Wildman–Crippen MR) is 66.6 cm³/mol. The summed E-state index contributed by atoms with van der Waals surface area (Å²) in [4.78, 5) is 11.2. The molecule has 17 heavy (non-hydrogen) atoms. The zero-order chi connectivity index (χ0) is 13.1. The van der Waals surface area contributed by atoms with Crippen LogP contribution in [0.2, 0.25) is 0 Å². The van der Waals surface area contributed by atoms with Crippen LogP contribution in [0.15, 0.2) is 21.2 Å². The molecule has 0 aliphatic heterocycles. The summed E-state index contributed by atoms with van der Waals surface area (Å²) in [6.45, 7) is 3.46. The normalized spacial score (nSPS) is 16.5. The first-order chi connectivity index (χ1) is 7.89. The SMILES string of the molecule is CCCCC(C(=O)O)C(C)(O)c1ccc(Br)o1. The lowest BCUT2D eigenvalue weighted by Crippen LogP contribution is -2.37. The molecule has 0 aliphatic carbocycles. The number of hydrogen-bond donors (Lipinski definition) is 2. The van der Waals surface area contributed by atoms with Crippen LogP contribution in [0.1, 0.15) is 38.9 Å². The maximum Gasteiger partial charge on any atom is 0.309 e. The molecule has 1 rings (SSSR count). The Morgan fingerprint density at radius 1 is 1.59 bits per heavy atom. The van der Waals surface area contributed by atoms with Crippen molar-refractivity contribution in [3.05, 3.63) is 22.6 Å². The van der Waals surface area contributed by atoms with Gasteiger partial charge < -0.3 is 14.6 Å². The fourth-order valence-electron chi connectivity index (χ4n) is 1.81. The van der Waals surface area contributed by atoms with Gasteiger partial charge in [-0.15, -0.1) is 0 Å². The average molecular weight is 305 g/mol. The summed E-state index contributed by atoms with van der Waals surface area (Å²) < 4.78 is 5.74. The lowest BCUT2D eigenvalue weighted by Gasteiger charge is -2.27. The Morgan fingerprint density at radius 3 is 2.65 bits per heavy atom. The van der Waals surface area contributed by atoms with E-state index in [1.165, 1.54) is 6.92 Å². The summed E-state index contributed by atoms with van der Waals surface area (Å²) in [6, 6.07) is 3.23. The quantitative estimate of drug-likeness (QED) is 0.847. The topological polar surface area (TPSA) is 70.7 Å². The molecule has 5 heteroatoms. The minimum atomic E-state index is -1.49. The number of rotatable bonds is 6. The van der Waals surface area contributed by atoms with Gasteiger partial charge in [-0.05, 0) is 41.4 Å². The number of furan rings is 1. The molecule has 0 spiro atoms. The highest BCUT2D eigenvalue weighted by Gasteiger charge is 2.40. The van der Waals surface area contributed by atoms with E-state index in [0.717, 1.165) is 12.8 Å². The van der Waals surface area contributed by atoms with Crippen LogP contribution < -0.4 is 0 Å². The van der Waals surface area contributed by atoms with Gasteiger partial charge in [0.25, 0.3) is 0 Å². The zero-order valence-electron chi connectivity index (χ0n) is 9.94. The standard InChI is InChI=1S/C12H17BrO4/c1-3-4-5-8(11(14)15)12(2,16)9-6-7-10(13)17-9/h6-8,16H,3-5H2,1-2H3,(H,14,15). The van der Waals surface area contributed by atoms with E-state index in [2.05, 4.69) is 15.9 Å². The number of carboxylic acids is 1. The number of carboxylic acid groups (broad SMARTS) is 1. The number of aliphatic carboxylic acids is 1. The van der Waals surface area contributed by atoms with Crippen molar-refractivity contribution in [2.45, 2.75) is 38.7 Å². The molecule has 1 aromatic rings. The van der Waals surface area contributed by atoms with Gasteiger partial charge in [0, 0.05) is 0 Å². The summed E-state index contributed by atoms with van der Waals surface area (Å²) in [7, 11) is 0. The molecule has 4 nitrogen and oxygen atoms in total. The van der Waals surface area contributed by atoms with Gasteiger partial charge in [-0.1, -0.05) is 19.8 Å². The van der Waals surface area contributed by atoms with Crippen LogP contribution in [-0.2, 0) is 10.4 Å². The Labute approximate surface area is 109 Å². The monoisotopic (exact) mass is 304 g/mol. The molecule has 0 saturated heterocycles. The lowest BCUT2D eigenvalue weighted by atomic mass is 9.83. The van der Waals surface area contributed by atoms with Crippen molar-refractivity contribution in [1.82, 2.24) is 0 Å². The summed E-state index contributed by atoms with van der Waals surface area (Å²) in [6.07, 6.45) is 2.08. The maximum atomic E-state index is 11.2. The second-order valence-electron chi connectivity index (χ2n) is 4.28. The van der Waals surface area contributed by atoms with Crippen LogP contribution in [0.5, 0.6) is 0 Å². The van der Waals surface area contributed by atoms with Gasteiger partial charge >= 0.3 is 5.97 Å². The van der Waals surface area contributed by atoms with Crippen molar-refractivity contribution in [1.29, 1.82) is 0 Å². The molecular formula is C12H17BrO4. The molecule has 2 atom stereocenters. The second-order valence-corrected chi connectivity index (χ2v) is 5.07. The van der Waals surface area contributed by atoms with Crippen molar-refractivity contribution in [2.24, 2.45) is 5.92 Å². The number of aliphatic hydroxyl groups is 1. The summed E-state index contributed by atoms with van der Waals surface area (Å²) >= 11 is 3.14. The fourth-order valence-corrected chi connectivity index (χ4v) is 2.12. The van der Waals surface area contributed by atoms with Crippen molar-refractivity contribution in [3.63, 3.8) is 0 Å². The van der Waals surface area contributed by atoms with E-state index in [9.17, 15) is 15.0 Å². The molecule has 0 aromatic carbocycles. The predicted octanol–water partition coefficient (Wildman–Crippen LogP) is 3.14. The lowest BCUT2D eigenvalue weighted by molar-refractivity contribution is -0.153. The molecule has 2 unspecified atom stereocenters. The molecule has 0 radical (unpaired) electrons. The van der Waals surface area contributed by atoms with Crippen LogP contribution in [0, 0.1) is 5.92 Å². The molecule has 96 valence electrons. The van der Waals surface area contributed by atoms with E-state index in [1.807, 2.05) is 6.92 Å². The Kier molecular flexibility index (Phi) is 4.77.